The third-order valence-electron chi connectivity index (χ3n) is 2.04. The highest BCUT2D eigenvalue weighted by Gasteiger charge is 2.03. The van der Waals surface area contributed by atoms with Gasteiger partial charge < -0.3 is 19.3 Å². The molecule has 0 heterocycles. The number of phenols is 1. The third kappa shape index (κ3) is 4.84. The molecule has 1 N–H and O–H groups in total. The molecule has 5 nitrogen and oxygen atoms in total. The summed E-state index contributed by atoms with van der Waals surface area (Å²) in [5.41, 5.74) is 0.402. The van der Waals surface area contributed by atoms with Crippen molar-refractivity contribution in [3.8, 4) is 11.5 Å². The Morgan fingerprint density at radius 1 is 1.24 bits per heavy atom. The summed E-state index contributed by atoms with van der Waals surface area (Å²) in [4.78, 5) is 10.7. The Bertz CT molecular complexity index is 351. The zero-order valence-electron chi connectivity index (χ0n) is 9.72. The Labute approximate surface area is 99.9 Å². The molecule has 94 valence electrons. The van der Waals surface area contributed by atoms with Crippen LogP contribution in [0.15, 0.2) is 18.2 Å². The van der Waals surface area contributed by atoms with E-state index in [0.717, 1.165) is 0 Å². The van der Waals surface area contributed by atoms with E-state index in [4.69, 9.17) is 14.2 Å². The quantitative estimate of drug-likeness (QED) is 0.547. The summed E-state index contributed by atoms with van der Waals surface area (Å²) in [6.45, 7) is 1.75. The Hall–Kier alpha value is -1.59. The largest absolute Gasteiger partial charge is 0.508 e. The highest BCUT2D eigenvalue weighted by atomic mass is 16.5. The fourth-order valence-electron chi connectivity index (χ4n) is 1.20. The van der Waals surface area contributed by atoms with Crippen molar-refractivity contribution in [3.05, 3.63) is 23.8 Å². The molecule has 1 aromatic rings. The summed E-state index contributed by atoms with van der Waals surface area (Å²) < 4.78 is 15.3. The smallest absolute Gasteiger partial charge is 0.153 e. The molecule has 5 heteroatoms. The van der Waals surface area contributed by atoms with Gasteiger partial charge in [0.25, 0.3) is 0 Å². The number of aromatic hydroxyl groups is 1. The number of methoxy groups -OCH3 is 1. The zero-order valence-corrected chi connectivity index (χ0v) is 9.72. The summed E-state index contributed by atoms with van der Waals surface area (Å²) in [6.07, 6.45) is 0.681. The first-order valence-corrected chi connectivity index (χ1v) is 5.25. The van der Waals surface area contributed by atoms with Gasteiger partial charge in [-0.2, -0.15) is 0 Å². The van der Waals surface area contributed by atoms with Crippen molar-refractivity contribution in [2.45, 2.75) is 0 Å². The number of aldehydes is 1. The molecule has 1 rings (SSSR count). The van der Waals surface area contributed by atoms with Gasteiger partial charge in [-0.05, 0) is 12.1 Å². The van der Waals surface area contributed by atoms with Crippen LogP contribution in [0.3, 0.4) is 0 Å². The molecule has 0 amide bonds. The average molecular weight is 240 g/mol. The van der Waals surface area contributed by atoms with Crippen LogP contribution in [-0.4, -0.2) is 44.9 Å². The second-order valence-corrected chi connectivity index (χ2v) is 3.29. The molecule has 0 fully saturated rings. The molecule has 0 aliphatic carbocycles. The number of hydrogen-bond acceptors (Lipinski definition) is 5. The fraction of sp³-hybridized carbons (Fsp3) is 0.417. The van der Waals surface area contributed by atoms with E-state index in [0.29, 0.717) is 44.0 Å². The van der Waals surface area contributed by atoms with Gasteiger partial charge in [0.2, 0.25) is 0 Å². The molecule has 1 aromatic carbocycles. The van der Waals surface area contributed by atoms with Crippen LogP contribution >= 0.6 is 0 Å². The van der Waals surface area contributed by atoms with E-state index in [9.17, 15) is 9.90 Å². The van der Waals surface area contributed by atoms with Gasteiger partial charge >= 0.3 is 0 Å². The SMILES string of the molecule is COCCOCCOc1cc(O)ccc1C=O. The number of rotatable bonds is 8. The van der Waals surface area contributed by atoms with E-state index in [1.165, 1.54) is 18.2 Å². The van der Waals surface area contributed by atoms with E-state index in [1.807, 2.05) is 0 Å². The van der Waals surface area contributed by atoms with Gasteiger partial charge in [0.15, 0.2) is 6.29 Å². The summed E-state index contributed by atoms with van der Waals surface area (Å²) >= 11 is 0. The normalized spacial score (nSPS) is 10.2. The lowest BCUT2D eigenvalue weighted by Crippen LogP contribution is -2.10. The van der Waals surface area contributed by atoms with Crippen molar-refractivity contribution in [2.24, 2.45) is 0 Å². The first kappa shape index (κ1) is 13.5. The summed E-state index contributed by atoms with van der Waals surface area (Å²) in [7, 11) is 1.60. The maximum absolute atomic E-state index is 10.7. The number of phenolic OH excluding ortho intramolecular Hbond substituents is 1. The minimum absolute atomic E-state index is 0.0610. The second kappa shape index (κ2) is 7.65. The van der Waals surface area contributed by atoms with Gasteiger partial charge in [0, 0.05) is 13.2 Å². The average Bonchev–Trinajstić information content (AvgIpc) is 2.34. The van der Waals surface area contributed by atoms with Gasteiger partial charge in [-0.25, -0.2) is 0 Å². The highest BCUT2D eigenvalue weighted by Crippen LogP contribution is 2.22. The van der Waals surface area contributed by atoms with Crippen molar-refractivity contribution in [1.82, 2.24) is 0 Å². The van der Waals surface area contributed by atoms with Gasteiger partial charge in [0.1, 0.15) is 18.1 Å². The number of hydrogen-bond donors (Lipinski definition) is 1. The van der Waals surface area contributed by atoms with Gasteiger partial charge in [-0.15, -0.1) is 0 Å². The predicted octanol–water partition coefficient (Wildman–Crippen LogP) is 1.25. The van der Waals surface area contributed by atoms with E-state index in [1.54, 1.807) is 7.11 Å². The van der Waals surface area contributed by atoms with Crippen molar-refractivity contribution < 1.29 is 24.1 Å². The number of ether oxygens (including phenoxy) is 3. The molecule has 0 aromatic heterocycles. The first-order valence-electron chi connectivity index (χ1n) is 5.25. The Morgan fingerprint density at radius 3 is 2.71 bits per heavy atom. The molecule has 0 spiro atoms. The lowest BCUT2D eigenvalue weighted by Gasteiger charge is -2.09. The van der Waals surface area contributed by atoms with Gasteiger partial charge in [-0.3, -0.25) is 4.79 Å². The maximum Gasteiger partial charge on any atom is 0.153 e. The van der Waals surface area contributed by atoms with E-state index in [2.05, 4.69) is 0 Å². The Kier molecular flexibility index (Phi) is 6.06. The lowest BCUT2D eigenvalue weighted by molar-refractivity contribution is 0.0542. The van der Waals surface area contributed by atoms with E-state index in [-0.39, 0.29) is 5.75 Å². The van der Waals surface area contributed by atoms with Crippen LogP contribution in [0.1, 0.15) is 10.4 Å². The lowest BCUT2D eigenvalue weighted by atomic mass is 10.2. The molecule has 0 atom stereocenters. The number of carbonyl (C=O) groups excluding carboxylic acids is 1. The number of carbonyl (C=O) groups is 1. The van der Waals surface area contributed by atoms with Crippen LogP contribution in [0.5, 0.6) is 11.5 Å². The minimum Gasteiger partial charge on any atom is -0.508 e. The van der Waals surface area contributed by atoms with Crippen LogP contribution in [-0.2, 0) is 9.47 Å². The van der Waals surface area contributed by atoms with Crippen LogP contribution in [0.4, 0.5) is 0 Å². The Balaban J connectivity index is 2.35. The molecule has 0 bridgehead atoms. The van der Waals surface area contributed by atoms with Crippen molar-refractivity contribution >= 4 is 6.29 Å². The Morgan fingerprint density at radius 2 is 2.00 bits per heavy atom. The molecule has 0 saturated carbocycles. The predicted molar refractivity (Wildman–Crippen MR) is 61.7 cm³/mol. The zero-order chi connectivity index (χ0) is 12.5. The summed E-state index contributed by atoms with van der Waals surface area (Å²) in [5.74, 6) is 0.418. The maximum atomic E-state index is 10.7. The first-order chi connectivity index (χ1) is 8.27. The van der Waals surface area contributed by atoms with Gasteiger partial charge in [-0.1, -0.05) is 0 Å². The number of benzene rings is 1. The fourth-order valence-corrected chi connectivity index (χ4v) is 1.20. The van der Waals surface area contributed by atoms with E-state index < -0.39 is 0 Å². The molecular formula is C12H16O5. The highest BCUT2D eigenvalue weighted by molar-refractivity contribution is 5.79. The minimum atomic E-state index is 0.0610. The van der Waals surface area contributed by atoms with Gasteiger partial charge in [0.05, 0.1) is 25.4 Å². The van der Waals surface area contributed by atoms with Crippen LogP contribution in [0.25, 0.3) is 0 Å². The molecule has 0 aliphatic rings. The standard InChI is InChI=1S/C12H16O5/c1-15-4-5-16-6-7-17-12-8-11(14)3-2-10(12)9-13/h2-3,8-9,14H,4-7H2,1H3. The molecule has 0 aliphatic heterocycles. The van der Waals surface area contributed by atoms with Crippen molar-refractivity contribution in [1.29, 1.82) is 0 Å². The monoisotopic (exact) mass is 240 g/mol. The third-order valence-corrected chi connectivity index (χ3v) is 2.04. The van der Waals surface area contributed by atoms with Crippen LogP contribution in [0, 0.1) is 0 Å². The second-order valence-electron chi connectivity index (χ2n) is 3.29. The van der Waals surface area contributed by atoms with Crippen molar-refractivity contribution in [2.75, 3.05) is 33.5 Å². The van der Waals surface area contributed by atoms with Crippen LogP contribution < -0.4 is 4.74 Å². The molecule has 0 radical (unpaired) electrons. The van der Waals surface area contributed by atoms with Crippen molar-refractivity contribution in [3.63, 3.8) is 0 Å². The molecule has 0 saturated heterocycles. The summed E-state index contributed by atoms with van der Waals surface area (Å²) in [5, 5.41) is 9.26. The van der Waals surface area contributed by atoms with Crippen LogP contribution in [0.2, 0.25) is 0 Å². The van der Waals surface area contributed by atoms with E-state index >= 15 is 0 Å². The molecule has 17 heavy (non-hydrogen) atoms. The molecular weight excluding hydrogens is 224 g/mol. The molecule has 0 unspecified atom stereocenters. The summed E-state index contributed by atoms with van der Waals surface area (Å²) in [6, 6.07) is 4.34. The topological polar surface area (TPSA) is 65.0 Å².